The number of aromatic nitrogens is 2. The Morgan fingerprint density at radius 3 is 2.71 bits per heavy atom. The number of imidazole rings is 1. The number of nitriles is 1. The van der Waals surface area contributed by atoms with Crippen LogP contribution in [-0.4, -0.2) is 47.4 Å². The maximum Gasteiger partial charge on any atom is 0.307 e. The molecular formula is C19H24N4O4S. The molecule has 1 aliphatic heterocycles. The van der Waals surface area contributed by atoms with E-state index in [0.717, 1.165) is 24.8 Å². The molecule has 1 aliphatic rings. The molecule has 0 spiro atoms. The Bertz CT molecular complexity index is 1020. The zero-order valence-corrected chi connectivity index (χ0v) is 16.9. The summed E-state index contributed by atoms with van der Waals surface area (Å²) in [5, 5.41) is 8.70. The van der Waals surface area contributed by atoms with Gasteiger partial charge in [0, 0.05) is 26.6 Å². The van der Waals surface area contributed by atoms with Gasteiger partial charge in [-0.05, 0) is 38.0 Å². The average molecular weight is 404 g/mol. The molecule has 2 aromatic rings. The van der Waals surface area contributed by atoms with Crippen LogP contribution in [0.5, 0.6) is 0 Å². The summed E-state index contributed by atoms with van der Waals surface area (Å²) in [4.78, 5) is 16.5. The van der Waals surface area contributed by atoms with Gasteiger partial charge in [-0.3, -0.25) is 4.79 Å². The lowest BCUT2D eigenvalue weighted by Crippen LogP contribution is -2.35. The largest absolute Gasteiger partial charge is 0.447 e. The fourth-order valence-corrected chi connectivity index (χ4v) is 4.90. The molecule has 0 radical (unpaired) electrons. The molecule has 9 heteroatoms. The Labute approximate surface area is 164 Å². The van der Waals surface area contributed by atoms with Gasteiger partial charge in [0.2, 0.25) is 10.0 Å². The van der Waals surface area contributed by atoms with Crippen molar-refractivity contribution < 1.29 is 17.9 Å². The summed E-state index contributed by atoms with van der Waals surface area (Å²) in [6.45, 7) is 2.62. The molecule has 1 atom stereocenters. The van der Waals surface area contributed by atoms with Crippen LogP contribution in [-0.2, 0) is 33.0 Å². The van der Waals surface area contributed by atoms with Gasteiger partial charge >= 0.3 is 5.97 Å². The molecule has 0 amide bonds. The molecule has 1 aromatic carbocycles. The van der Waals surface area contributed by atoms with Crippen molar-refractivity contribution in [1.29, 1.82) is 5.26 Å². The van der Waals surface area contributed by atoms with Crippen LogP contribution in [0.4, 0.5) is 0 Å². The topological polar surface area (TPSA) is 105 Å². The van der Waals surface area contributed by atoms with Crippen molar-refractivity contribution in [3.63, 3.8) is 0 Å². The molecule has 0 unspecified atom stereocenters. The third-order valence-electron chi connectivity index (χ3n) is 4.94. The first-order valence-corrected chi connectivity index (χ1v) is 10.8. The third kappa shape index (κ3) is 4.18. The molecule has 0 saturated carbocycles. The second-order valence-corrected chi connectivity index (χ2v) is 8.90. The lowest BCUT2D eigenvalue weighted by Gasteiger charge is -2.25. The second-order valence-electron chi connectivity index (χ2n) is 6.96. The second kappa shape index (κ2) is 8.29. The standard InChI is InChI=1S/C19H24N4O4S/c1-14(13-20)27-19(24)9-8-18-21-16-12-15(6-7-17(16)22(18)2)28(25,26)23-10-4-3-5-11-23/h6-7,12,14H,3-5,8-11H2,1-2H3/t14-/m0/s1. The van der Waals surface area contributed by atoms with Gasteiger partial charge in [-0.2, -0.15) is 9.57 Å². The van der Waals surface area contributed by atoms with Crippen molar-refractivity contribution in [2.45, 2.75) is 50.0 Å². The molecule has 150 valence electrons. The number of sulfonamides is 1. The number of esters is 1. The Morgan fingerprint density at radius 2 is 2.04 bits per heavy atom. The number of fused-ring (bicyclic) bond motifs is 1. The normalized spacial score (nSPS) is 16.6. The predicted octanol–water partition coefficient (Wildman–Crippen LogP) is 2.14. The summed E-state index contributed by atoms with van der Waals surface area (Å²) < 4.78 is 34.1. The monoisotopic (exact) mass is 404 g/mol. The number of ether oxygens (including phenoxy) is 1. The molecule has 3 rings (SSSR count). The highest BCUT2D eigenvalue weighted by molar-refractivity contribution is 7.89. The number of benzene rings is 1. The van der Waals surface area contributed by atoms with E-state index in [1.165, 1.54) is 11.2 Å². The molecule has 1 saturated heterocycles. The van der Waals surface area contributed by atoms with Gasteiger partial charge in [0.1, 0.15) is 11.9 Å². The first-order chi connectivity index (χ1) is 13.3. The first kappa shape index (κ1) is 20.3. The van der Waals surface area contributed by atoms with Gasteiger partial charge in [0.25, 0.3) is 0 Å². The van der Waals surface area contributed by atoms with Crippen molar-refractivity contribution in [3.05, 3.63) is 24.0 Å². The van der Waals surface area contributed by atoms with E-state index in [4.69, 9.17) is 10.00 Å². The molecule has 28 heavy (non-hydrogen) atoms. The molecule has 1 fully saturated rings. The summed E-state index contributed by atoms with van der Waals surface area (Å²) >= 11 is 0. The van der Waals surface area contributed by atoms with Crippen LogP contribution < -0.4 is 0 Å². The zero-order valence-electron chi connectivity index (χ0n) is 16.1. The van der Waals surface area contributed by atoms with Crippen LogP contribution in [0.15, 0.2) is 23.1 Å². The van der Waals surface area contributed by atoms with Gasteiger partial charge in [-0.25, -0.2) is 13.4 Å². The van der Waals surface area contributed by atoms with Crippen LogP contribution in [0.1, 0.15) is 38.4 Å². The van der Waals surface area contributed by atoms with E-state index in [9.17, 15) is 13.2 Å². The maximum absolute atomic E-state index is 12.9. The maximum atomic E-state index is 12.9. The Morgan fingerprint density at radius 1 is 1.32 bits per heavy atom. The molecule has 1 aromatic heterocycles. The number of hydrogen-bond acceptors (Lipinski definition) is 6. The molecular weight excluding hydrogens is 380 g/mol. The van der Waals surface area contributed by atoms with E-state index in [-0.39, 0.29) is 11.3 Å². The fourth-order valence-electron chi connectivity index (χ4n) is 3.36. The van der Waals surface area contributed by atoms with Crippen molar-refractivity contribution in [1.82, 2.24) is 13.9 Å². The Hall–Kier alpha value is -2.44. The molecule has 0 aliphatic carbocycles. The minimum absolute atomic E-state index is 0.0993. The van der Waals surface area contributed by atoms with Gasteiger partial charge in [0.15, 0.2) is 6.10 Å². The van der Waals surface area contributed by atoms with Crippen molar-refractivity contribution in [2.75, 3.05) is 13.1 Å². The zero-order chi connectivity index (χ0) is 20.3. The van der Waals surface area contributed by atoms with E-state index >= 15 is 0 Å². The summed E-state index contributed by atoms with van der Waals surface area (Å²) in [6.07, 6.45) is 2.49. The van der Waals surface area contributed by atoms with Gasteiger partial charge in [-0.1, -0.05) is 6.42 Å². The highest BCUT2D eigenvalue weighted by Gasteiger charge is 2.26. The summed E-state index contributed by atoms with van der Waals surface area (Å²) in [6, 6.07) is 6.81. The number of nitrogens with zero attached hydrogens (tertiary/aromatic N) is 4. The number of carbonyl (C=O) groups is 1. The summed E-state index contributed by atoms with van der Waals surface area (Å²) in [7, 11) is -1.69. The number of aryl methyl sites for hydroxylation is 2. The van der Waals surface area contributed by atoms with Crippen molar-refractivity contribution in [2.24, 2.45) is 7.05 Å². The molecule has 0 N–H and O–H groups in total. The van der Waals surface area contributed by atoms with Crippen LogP contribution in [0.2, 0.25) is 0 Å². The summed E-state index contributed by atoms with van der Waals surface area (Å²) in [5.74, 6) is 0.193. The van der Waals surface area contributed by atoms with Crippen molar-refractivity contribution in [3.8, 4) is 6.07 Å². The molecule has 0 bridgehead atoms. The number of hydrogen-bond donors (Lipinski definition) is 0. The van der Waals surface area contributed by atoms with Crippen LogP contribution >= 0.6 is 0 Å². The van der Waals surface area contributed by atoms with E-state index in [0.29, 0.717) is 30.9 Å². The van der Waals surface area contributed by atoms with Crippen LogP contribution in [0.25, 0.3) is 11.0 Å². The molecule has 8 nitrogen and oxygen atoms in total. The van der Waals surface area contributed by atoms with E-state index in [1.807, 2.05) is 17.7 Å². The Balaban J connectivity index is 1.80. The lowest BCUT2D eigenvalue weighted by atomic mass is 10.2. The van der Waals surface area contributed by atoms with Crippen LogP contribution in [0.3, 0.4) is 0 Å². The van der Waals surface area contributed by atoms with Crippen LogP contribution in [0, 0.1) is 11.3 Å². The minimum Gasteiger partial charge on any atom is -0.447 e. The van der Waals surface area contributed by atoms with Gasteiger partial charge in [-0.15, -0.1) is 0 Å². The predicted molar refractivity (Wildman–Crippen MR) is 103 cm³/mol. The minimum atomic E-state index is -3.52. The number of carbonyl (C=O) groups excluding carboxylic acids is 1. The quantitative estimate of drug-likeness (QED) is 0.683. The van der Waals surface area contributed by atoms with E-state index in [2.05, 4.69) is 4.98 Å². The fraction of sp³-hybridized carbons (Fsp3) is 0.526. The van der Waals surface area contributed by atoms with Crippen molar-refractivity contribution >= 4 is 27.0 Å². The Kier molecular flexibility index (Phi) is 6.01. The summed E-state index contributed by atoms with van der Waals surface area (Å²) in [5.41, 5.74) is 1.38. The SMILES string of the molecule is C[C@@H](C#N)OC(=O)CCc1nc2cc(S(=O)(=O)N3CCCCC3)ccc2n1C. The average Bonchev–Trinajstić information content (AvgIpc) is 3.02. The lowest BCUT2D eigenvalue weighted by molar-refractivity contribution is -0.145. The number of rotatable bonds is 6. The highest BCUT2D eigenvalue weighted by atomic mass is 32.2. The number of piperidine rings is 1. The highest BCUT2D eigenvalue weighted by Crippen LogP contribution is 2.24. The van der Waals surface area contributed by atoms with Gasteiger partial charge in [0.05, 0.1) is 22.3 Å². The van der Waals surface area contributed by atoms with E-state index < -0.39 is 22.1 Å². The van der Waals surface area contributed by atoms with Gasteiger partial charge < -0.3 is 9.30 Å². The molecule has 2 heterocycles. The third-order valence-corrected chi connectivity index (χ3v) is 6.84. The smallest absolute Gasteiger partial charge is 0.307 e. The van der Waals surface area contributed by atoms with E-state index in [1.54, 1.807) is 18.2 Å². The first-order valence-electron chi connectivity index (χ1n) is 9.37.